The highest BCUT2D eigenvalue weighted by atomic mass is 16.6. The monoisotopic (exact) mass is 375 g/mol. The molecule has 146 valence electrons. The molecule has 2 aliphatic rings. The molecule has 1 fully saturated rings. The zero-order chi connectivity index (χ0) is 19.8. The number of carboxylic acids is 1. The van der Waals surface area contributed by atoms with Crippen molar-refractivity contribution in [2.45, 2.75) is 51.0 Å². The van der Waals surface area contributed by atoms with Crippen LogP contribution in [0.3, 0.4) is 0 Å². The standard InChI is InChI=1S/C20H25NO6/c1-19(2,3)27-18(25)21-9-4-7-20(8-10-21)12-26-16-14(11-22)13(17(23)24)5-6-15(16)20/h5-6,11H,4,7-10,12H2,1-3H3,(H,23,24). The van der Waals surface area contributed by atoms with E-state index in [1.807, 2.05) is 20.8 Å². The zero-order valence-electron chi connectivity index (χ0n) is 15.9. The Kier molecular flexibility index (Phi) is 4.88. The van der Waals surface area contributed by atoms with Crippen molar-refractivity contribution in [1.82, 2.24) is 4.90 Å². The van der Waals surface area contributed by atoms with Crippen LogP contribution in [0.1, 0.15) is 66.3 Å². The van der Waals surface area contributed by atoms with Gasteiger partial charge in [0.1, 0.15) is 11.4 Å². The molecular weight excluding hydrogens is 350 g/mol. The van der Waals surface area contributed by atoms with Gasteiger partial charge in [0, 0.05) is 24.1 Å². The molecule has 7 nitrogen and oxygen atoms in total. The maximum absolute atomic E-state index is 12.4. The van der Waals surface area contributed by atoms with Gasteiger partial charge in [-0.2, -0.15) is 0 Å². The zero-order valence-corrected chi connectivity index (χ0v) is 15.9. The summed E-state index contributed by atoms with van der Waals surface area (Å²) < 4.78 is 11.3. The van der Waals surface area contributed by atoms with Gasteiger partial charge in [-0.3, -0.25) is 4.79 Å². The molecule has 1 atom stereocenters. The fourth-order valence-corrected chi connectivity index (χ4v) is 3.88. The second-order valence-corrected chi connectivity index (χ2v) is 8.22. The average Bonchev–Trinajstić information content (AvgIpc) is 2.79. The van der Waals surface area contributed by atoms with Gasteiger partial charge < -0.3 is 19.5 Å². The second kappa shape index (κ2) is 6.87. The minimum absolute atomic E-state index is 0.0511. The first-order chi connectivity index (χ1) is 12.7. The molecule has 0 aromatic heterocycles. The molecule has 0 aliphatic carbocycles. The van der Waals surface area contributed by atoms with Crippen LogP contribution >= 0.6 is 0 Å². The Morgan fingerprint density at radius 1 is 1.26 bits per heavy atom. The highest BCUT2D eigenvalue weighted by Gasteiger charge is 2.44. The van der Waals surface area contributed by atoms with Gasteiger partial charge in [-0.25, -0.2) is 9.59 Å². The number of benzene rings is 1. The van der Waals surface area contributed by atoms with Crippen LogP contribution in [0, 0.1) is 0 Å². The van der Waals surface area contributed by atoms with Crippen molar-refractivity contribution >= 4 is 18.3 Å². The Labute approximate surface area is 158 Å². The van der Waals surface area contributed by atoms with Crippen LogP contribution in [0.15, 0.2) is 12.1 Å². The van der Waals surface area contributed by atoms with E-state index in [-0.39, 0.29) is 22.6 Å². The SMILES string of the molecule is CC(C)(C)OC(=O)N1CCCC2(CC1)COc1c2ccc(C(=O)O)c1C=O. The minimum Gasteiger partial charge on any atom is -0.492 e. The Balaban J connectivity index is 1.85. The van der Waals surface area contributed by atoms with E-state index >= 15 is 0 Å². The summed E-state index contributed by atoms with van der Waals surface area (Å²) in [6.07, 6.45) is 2.46. The summed E-state index contributed by atoms with van der Waals surface area (Å²) in [4.78, 5) is 37.0. The number of fused-ring (bicyclic) bond motifs is 2. The molecule has 3 rings (SSSR count). The first-order valence-electron chi connectivity index (χ1n) is 9.13. The van der Waals surface area contributed by atoms with Crippen molar-refractivity contribution in [2.24, 2.45) is 0 Å². The lowest BCUT2D eigenvalue weighted by atomic mass is 9.75. The quantitative estimate of drug-likeness (QED) is 0.798. The molecule has 0 bridgehead atoms. The molecule has 1 aromatic rings. The lowest BCUT2D eigenvalue weighted by Gasteiger charge is -2.28. The molecule has 27 heavy (non-hydrogen) atoms. The van der Waals surface area contributed by atoms with Gasteiger partial charge in [0.2, 0.25) is 0 Å². The second-order valence-electron chi connectivity index (χ2n) is 8.22. The minimum atomic E-state index is -1.15. The Morgan fingerprint density at radius 3 is 2.63 bits per heavy atom. The fourth-order valence-electron chi connectivity index (χ4n) is 3.88. The molecular formula is C20H25NO6. The third-order valence-electron chi connectivity index (χ3n) is 5.20. The number of hydrogen-bond donors (Lipinski definition) is 1. The molecule has 1 saturated heterocycles. The van der Waals surface area contributed by atoms with Crippen molar-refractivity contribution in [2.75, 3.05) is 19.7 Å². The number of carboxylic acid groups (broad SMARTS) is 1. The molecule has 2 aliphatic heterocycles. The predicted molar refractivity (Wildman–Crippen MR) is 97.6 cm³/mol. The Morgan fingerprint density at radius 2 is 2.00 bits per heavy atom. The van der Waals surface area contributed by atoms with E-state index in [0.717, 1.165) is 18.4 Å². The van der Waals surface area contributed by atoms with E-state index in [0.29, 0.717) is 38.2 Å². The number of rotatable bonds is 2. The largest absolute Gasteiger partial charge is 0.492 e. The topological polar surface area (TPSA) is 93.1 Å². The van der Waals surface area contributed by atoms with Gasteiger partial charge in [0.05, 0.1) is 17.7 Å². The van der Waals surface area contributed by atoms with Crippen molar-refractivity contribution in [3.05, 3.63) is 28.8 Å². The maximum atomic E-state index is 12.4. The molecule has 1 unspecified atom stereocenters. The fraction of sp³-hybridized carbons (Fsp3) is 0.550. The van der Waals surface area contributed by atoms with Crippen molar-refractivity contribution in [3.8, 4) is 5.75 Å². The summed E-state index contributed by atoms with van der Waals surface area (Å²) in [5, 5.41) is 9.29. The van der Waals surface area contributed by atoms with E-state index in [2.05, 4.69) is 0 Å². The molecule has 1 aromatic carbocycles. The Bertz CT molecular complexity index is 781. The third kappa shape index (κ3) is 3.63. The summed E-state index contributed by atoms with van der Waals surface area (Å²) in [5.41, 5.74) is 0.0347. The molecule has 2 heterocycles. The maximum Gasteiger partial charge on any atom is 0.410 e. The molecule has 7 heteroatoms. The van der Waals surface area contributed by atoms with Crippen LogP contribution in [0.2, 0.25) is 0 Å². The first-order valence-corrected chi connectivity index (χ1v) is 9.13. The van der Waals surface area contributed by atoms with Gasteiger partial charge in [-0.15, -0.1) is 0 Å². The number of aromatic carboxylic acids is 1. The van der Waals surface area contributed by atoms with Crippen LogP contribution in [0.25, 0.3) is 0 Å². The third-order valence-corrected chi connectivity index (χ3v) is 5.20. The van der Waals surface area contributed by atoms with Gasteiger partial charge in [0.15, 0.2) is 6.29 Å². The molecule has 1 N–H and O–H groups in total. The summed E-state index contributed by atoms with van der Waals surface area (Å²) in [6.45, 7) is 7.02. The average molecular weight is 375 g/mol. The van der Waals surface area contributed by atoms with E-state index in [4.69, 9.17) is 9.47 Å². The van der Waals surface area contributed by atoms with Crippen molar-refractivity contribution in [3.63, 3.8) is 0 Å². The molecule has 1 amide bonds. The number of likely N-dealkylation sites (tertiary alicyclic amines) is 1. The predicted octanol–water partition coefficient (Wildman–Crippen LogP) is 3.25. The molecule has 0 radical (unpaired) electrons. The Hall–Kier alpha value is -2.57. The summed E-state index contributed by atoms with van der Waals surface area (Å²) >= 11 is 0. The van der Waals surface area contributed by atoms with Crippen LogP contribution in [0.5, 0.6) is 5.75 Å². The van der Waals surface area contributed by atoms with Gasteiger partial charge in [-0.05, 0) is 46.1 Å². The van der Waals surface area contributed by atoms with E-state index in [1.54, 1.807) is 11.0 Å². The van der Waals surface area contributed by atoms with Gasteiger partial charge in [-0.1, -0.05) is 6.07 Å². The number of amides is 1. The molecule has 1 spiro atoms. The van der Waals surface area contributed by atoms with Gasteiger partial charge in [0.25, 0.3) is 0 Å². The number of hydrogen-bond acceptors (Lipinski definition) is 5. The van der Waals surface area contributed by atoms with E-state index < -0.39 is 11.6 Å². The van der Waals surface area contributed by atoms with Gasteiger partial charge >= 0.3 is 12.1 Å². The molecule has 0 saturated carbocycles. The summed E-state index contributed by atoms with van der Waals surface area (Å²) in [5.74, 6) is -0.781. The first kappa shape index (κ1) is 19.2. The summed E-state index contributed by atoms with van der Waals surface area (Å²) in [6, 6.07) is 3.22. The van der Waals surface area contributed by atoms with Crippen LogP contribution in [-0.2, 0) is 10.2 Å². The highest BCUT2D eigenvalue weighted by Crippen LogP contribution is 2.47. The highest BCUT2D eigenvalue weighted by molar-refractivity contribution is 5.99. The number of carbonyl (C=O) groups excluding carboxylic acids is 2. The number of nitrogens with zero attached hydrogens (tertiary/aromatic N) is 1. The van der Waals surface area contributed by atoms with Crippen LogP contribution in [0.4, 0.5) is 4.79 Å². The number of aldehydes is 1. The lowest BCUT2D eigenvalue weighted by molar-refractivity contribution is 0.0253. The summed E-state index contributed by atoms with van der Waals surface area (Å²) in [7, 11) is 0. The van der Waals surface area contributed by atoms with Crippen LogP contribution in [-0.4, -0.2) is 53.7 Å². The smallest absolute Gasteiger partial charge is 0.410 e. The lowest BCUT2D eigenvalue weighted by Crippen LogP contribution is -2.38. The van der Waals surface area contributed by atoms with Crippen LogP contribution < -0.4 is 4.74 Å². The van der Waals surface area contributed by atoms with E-state index in [1.165, 1.54) is 6.07 Å². The van der Waals surface area contributed by atoms with Crippen molar-refractivity contribution in [1.29, 1.82) is 0 Å². The normalized spacial score (nSPS) is 22.0. The number of ether oxygens (including phenoxy) is 2. The number of carbonyl (C=O) groups is 3. The van der Waals surface area contributed by atoms with Crippen molar-refractivity contribution < 1.29 is 29.0 Å². The van der Waals surface area contributed by atoms with E-state index in [9.17, 15) is 19.5 Å².